The third-order valence-electron chi connectivity index (χ3n) is 3.66. The van der Waals surface area contributed by atoms with Crippen LogP contribution in [-0.4, -0.2) is 37.6 Å². The van der Waals surface area contributed by atoms with E-state index in [0.29, 0.717) is 12.0 Å². The van der Waals surface area contributed by atoms with Gasteiger partial charge in [-0.2, -0.15) is 0 Å². The molecule has 1 fully saturated rings. The van der Waals surface area contributed by atoms with Gasteiger partial charge in [-0.3, -0.25) is 0 Å². The van der Waals surface area contributed by atoms with Crippen LogP contribution in [0, 0.1) is 5.82 Å². The first kappa shape index (κ1) is 15.4. The van der Waals surface area contributed by atoms with Crippen molar-refractivity contribution in [1.82, 2.24) is 10.2 Å². The average Bonchev–Trinajstić information content (AvgIpc) is 2.83. The molecule has 1 saturated heterocycles. The zero-order valence-electron chi connectivity index (χ0n) is 11.0. The van der Waals surface area contributed by atoms with Gasteiger partial charge in [0.05, 0.1) is 0 Å². The first-order chi connectivity index (χ1) is 8.16. The highest BCUT2D eigenvalue weighted by molar-refractivity contribution is 5.85. The van der Waals surface area contributed by atoms with E-state index in [0.717, 1.165) is 19.6 Å². The summed E-state index contributed by atoms with van der Waals surface area (Å²) in [5.41, 5.74) is 1.21. The lowest BCUT2D eigenvalue weighted by molar-refractivity contribution is 0.245. The smallest absolute Gasteiger partial charge is 0.123 e. The lowest BCUT2D eigenvalue weighted by Gasteiger charge is -2.26. The summed E-state index contributed by atoms with van der Waals surface area (Å²) in [6, 6.07) is 7.52. The summed E-state index contributed by atoms with van der Waals surface area (Å²) in [4.78, 5) is 2.41. The summed E-state index contributed by atoms with van der Waals surface area (Å²) < 4.78 is 12.8. The molecule has 1 N–H and O–H groups in total. The number of halogens is 2. The number of hydrogen-bond acceptors (Lipinski definition) is 2. The molecule has 1 aliphatic rings. The Kier molecular flexibility index (Phi) is 6.06. The van der Waals surface area contributed by atoms with Gasteiger partial charge >= 0.3 is 0 Å². The van der Waals surface area contributed by atoms with Gasteiger partial charge in [-0.25, -0.2) is 4.39 Å². The van der Waals surface area contributed by atoms with Gasteiger partial charge in [-0.05, 0) is 43.6 Å². The standard InChI is InChI=1S/C14H21FN2.ClH/c1-11(12-3-5-13(15)6-4-12)10-17(2)14-7-8-16-9-14;/h3-6,11,14,16H,7-10H2,1-2H3;1H. The Balaban J connectivity index is 0.00000162. The molecule has 0 saturated carbocycles. The lowest BCUT2D eigenvalue weighted by Crippen LogP contribution is -2.35. The molecule has 2 nitrogen and oxygen atoms in total. The summed E-state index contributed by atoms with van der Waals surface area (Å²) in [5.74, 6) is 0.287. The fraction of sp³-hybridized carbons (Fsp3) is 0.571. The quantitative estimate of drug-likeness (QED) is 0.907. The van der Waals surface area contributed by atoms with Crippen LogP contribution in [0.1, 0.15) is 24.8 Å². The van der Waals surface area contributed by atoms with Crippen molar-refractivity contribution in [3.8, 4) is 0 Å². The van der Waals surface area contributed by atoms with Crippen molar-refractivity contribution in [2.45, 2.75) is 25.3 Å². The molecule has 1 aromatic rings. The maximum Gasteiger partial charge on any atom is 0.123 e. The number of rotatable bonds is 4. The van der Waals surface area contributed by atoms with Gasteiger partial charge in [0.2, 0.25) is 0 Å². The summed E-state index contributed by atoms with van der Waals surface area (Å²) in [7, 11) is 2.18. The van der Waals surface area contributed by atoms with Crippen LogP contribution in [0.2, 0.25) is 0 Å². The molecule has 1 aliphatic heterocycles. The van der Waals surface area contributed by atoms with E-state index in [1.165, 1.54) is 12.0 Å². The summed E-state index contributed by atoms with van der Waals surface area (Å²) in [6.07, 6.45) is 1.23. The summed E-state index contributed by atoms with van der Waals surface area (Å²) >= 11 is 0. The van der Waals surface area contributed by atoms with Crippen molar-refractivity contribution in [1.29, 1.82) is 0 Å². The van der Waals surface area contributed by atoms with Gasteiger partial charge in [0.1, 0.15) is 5.82 Å². The van der Waals surface area contributed by atoms with E-state index in [1.807, 2.05) is 12.1 Å². The predicted molar refractivity (Wildman–Crippen MR) is 76.0 cm³/mol. The molecule has 4 heteroatoms. The molecule has 1 aromatic carbocycles. The second-order valence-electron chi connectivity index (χ2n) is 5.04. The van der Waals surface area contributed by atoms with Gasteiger partial charge in [-0.15, -0.1) is 12.4 Å². The van der Waals surface area contributed by atoms with Gasteiger partial charge in [0.15, 0.2) is 0 Å². The van der Waals surface area contributed by atoms with Crippen molar-refractivity contribution >= 4 is 12.4 Å². The normalized spacial score (nSPS) is 20.8. The van der Waals surface area contributed by atoms with Crippen LogP contribution < -0.4 is 5.32 Å². The minimum Gasteiger partial charge on any atom is -0.315 e. The molecule has 2 unspecified atom stereocenters. The van der Waals surface area contributed by atoms with Crippen LogP contribution in [0.5, 0.6) is 0 Å². The van der Waals surface area contributed by atoms with Gasteiger partial charge in [-0.1, -0.05) is 19.1 Å². The van der Waals surface area contributed by atoms with Crippen LogP contribution in [0.15, 0.2) is 24.3 Å². The van der Waals surface area contributed by atoms with Gasteiger partial charge in [0, 0.05) is 19.1 Å². The van der Waals surface area contributed by atoms with E-state index in [4.69, 9.17) is 0 Å². The number of benzene rings is 1. The first-order valence-corrected chi connectivity index (χ1v) is 6.33. The number of likely N-dealkylation sites (N-methyl/N-ethyl adjacent to an activating group) is 1. The average molecular weight is 273 g/mol. The Morgan fingerprint density at radius 1 is 1.39 bits per heavy atom. The molecular formula is C14H22ClFN2. The van der Waals surface area contributed by atoms with Gasteiger partial charge in [0.25, 0.3) is 0 Å². The molecule has 1 heterocycles. The van der Waals surface area contributed by atoms with Crippen molar-refractivity contribution in [3.05, 3.63) is 35.6 Å². The third-order valence-corrected chi connectivity index (χ3v) is 3.66. The van der Waals surface area contributed by atoms with Crippen molar-refractivity contribution < 1.29 is 4.39 Å². The largest absolute Gasteiger partial charge is 0.315 e. The van der Waals surface area contributed by atoms with E-state index in [9.17, 15) is 4.39 Å². The molecule has 102 valence electrons. The number of nitrogens with zero attached hydrogens (tertiary/aromatic N) is 1. The highest BCUT2D eigenvalue weighted by atomic mass is 35.5. The fourth-order valence-electron chi connectivity index (χ4n) is 2.49. The highest BCUT2D eigenvalue weighted by Crippen LogP contribution is 2.18. The summed E-state index contributed by atoms with van der Waals surface area (Å²) in [5, 5.41) is 3.38. The van der Waals surface area contributed by atoms with Crippen LogP contribution in [0.25, 0.3) is 0 Å². The topological polar surface area (TPSA) is 15.3 Å². The molecule has 0 amide bonds. The zero-order chi connectivity index (χ0) is 12.3. The van der Waals surface area contributed by atoms with Crippen molar-refractivity contribution in [2.24, 2.45) is 0 Å². The Bertz CT molecular complexity index is 349. The molecule has 2 rings (SSSR count). The Hall–Kier alpha value is -0.640. The Morgan fingerprint density at radius 2 is 2.06 bits per heavy atom. The molecular weight excluding hydrogens is 251 g/mol. The molecule has 0 radical (unpaired) electrons. The number of nitrogens with one attached hydrogen (secondary N) is 1. The predicted octanol–water partition coefficient (Wildman–Crippen LogP) is 2.64. The second-order valence-corrected chi connectivity index (χ2v) is 5.04. The van der Waals surface area contributed by atoms with Crippen LogP contribution in [-0.2, 0) is 0 Å². The SMILES string of the molecule is CC(CN(C)C1CCNC1)c1ccc(F)cc1.Cl. The van der Waals surface area contributed by atoms with Crippen LogP contribution in [0.4, 0.5) is 4.39 Å². The van der Waals surface area contributed by atoms with Crippen molar-refractivity contribution in [3.63, 3.8) is 0 Å². The third kappa shape index (κ3) is 3.94. The Labute approximate surface area is 115 Å². The van der Waals surface area contributed by atoms with E-state index in [-0.39, 0.29) is 18.2 Å². The zero-order valence-corrected chi connectivity index (χ0v) is 11.8. The minimum atomic E-state index is -0.158. The first-order valence-electron chi connectivity index (χ1n) is 6.33. The van der Waals surface area contributed by atoms with E-state index >= 15 is 0 Å². The van der Waals surface area contributed by atoms with E-state index in [2.05, 4.69) is 24.2 Å². The lowest BCUT2D eigenvalue weighted by atomic mass is 10.00. The molecule has 2 atom stereocenters. The van der Waals surface area contributed by atoms with Crippen molar-refractivity contribution in [2.75, 3.05) is 26.7 Å². The molecule has 0 spiro atoms. The van der Waals surface area contributed by atoms with Gasteiger partial charge < -0.3 is 10.2 Å². The molecule has 0 aliphatic carbocycles. The molecule has 0 bridgehead atoms. The molecule has 0 aromatic heterocycles. The fourth-order valence-corrected chi connectivity index (χ4v) is 2.49. The van der Waals surface area contributed by atoms with E-state index < -0.39 is 0 Å². The van der Waals surface area contributed by atoms with E-state index in [1.54, 1.807) is 12.1 Å². The second kappa shape index (κ2) is 7.07. The minimum absolute atomic E-state index is 0. The number of hydrogen-bond donors (Lipinski definition) is 1. The Morgan fingerprint density at radius 3 is 2.61 bits per heavy atom. The summed E-state index contributed by atoms with van der Waals surface area (Å²) in [6.45, 7) is 5.44. The van der Waals surface area contributed by atoms with Crippen LogP contribution in [0.3, 0.4) is 0 Å². The maximum atomic E-state index is 12.8. The molecule has 18 heavy (non-hydrogen) atoms. The van der Waals surface area contributed by atoms with Crippen LogP contribution >= 0.6 is 12.4 Å². The monoisotopic (exact) mass is 272 g/mol. The maximum absolute atomic E-state index is 12.8. The highest BCUT2D eigenvalue weighted by Gasteiger charge is 2.20.